The molecule has 5 aromatic carbocycles. The zero-order valence-corrected chi connectivity index (χ0v) is 14.8. The monoisotopic (exact) mass is 352 g/mol. The maximum Gasteiger partial charge on any atom is 0.379 e. The average Bonchev–Trinajstić information content (AvgIpc) is 2.71. The van der Waals surface area contributed by atoms with Crippen molar-refractivity contribution in [1.82, 2.24) is 0 Å². The normalized spacial score (nSPS) is 11.6. The van der Waals surface area contributed by atoms with Gasteiger partial charge < -0.3 is 4.74 Å². The first kappa shape index (κ1) is 15.8. The van der Waals surface area contributed by atoms with Crippen LogP contribution >= 0.6 is 0 Å². The van der Waals surface area contributed by atoms with Crippen LogP contribution in [0.4, 0.5) is 0 Å². The van der Waals surface area contributed by atoms with E-state index in [0.29, 0.717) is 5.56 Å². The molecule has 0 aliphatic carbocycles. The van der Waals surface area contributed by atoms with Gasteiger partial charge in [-0.25, -0.2) is 4.79 Å². The molecule has 0 N–H and O–H groups in total. The molecule has 0 bridgehead atoms. The molecule has 27 heavy (non-hydrogen) atoms. The van der Waals surface area contributed by atoms with Gasteiger partial charge in [-0.3, -0.25) is 4.79 Å². The molecule has 0 unspecified atom stereocenters. The van der Waals surface area contributed by atoms with Crippen molar-refractivity contribution in [1.29, 1.82) is 0 Å². The summed E-state index contributed by atoms with van der Waals surface area (Å²) >= 11 is 0. The van der Waals surface area contributed by atoms with Gasteiger partial charge in [-0.05, 0) is 56.1 Å². The van der Waals surface area contributed by atoms with E-state index < -0.39 is 11.8 Å². The number of fused-ring (bicyclic) bond motifs is 2. The van der Waals surface area contributed by atoms with E-state index in [1.165, 1.54) is 10.8 Å². The minimum absolute atomic E-state index is 0.182. The van der Waals surface area contributed by atoms with Gasteiger partial charge in [-0.15, -0.1) is 0 Å². The van der Waals surface area contributed by atoms with Gasteiger partial charge in [0.1, 0.15) is 0 Å². The zero-order valence-electron chi connectivity index (χ0n) is 14.8. The van der Waals surface area contributed by atoms with Gasteiger partial charge in [0.2, 0.25) is 0 Å². The quantitative estimate of drug-likeness (QED) is 0.142. The predicted octanol–water partition coefficient (Wildman–Crippen LogP) is 5.48. The van der Waals surface area contributed by atoms with Gasteiger partial charge in [-0.1, -0.05) is 60.7 Å². The molecule has 0 saturated carbocycles. The minimum atomic E-state index is -0.809. The van der Waals surface area contributed by atoms with Crippen molar-refractivity contribution in [3.8, 4) is 0 Å². The Morgan fingerprint density at radius 3 is 1.93 bits per heavy atom. The topological polar surface area (TPSA) is 43.4 Å². The lowest BCUT2D eigenvalue weighted by atomic mass is 9.88. The molecule has 0 aliphatic rings. The van der Waals surface area contributed by atoms with Crippen molar-refractivity contribution >= 4 is 54.8 Å². The summed E-state index contributed by atoms with van der Waals surface area (Å²) in [4.78, 5) is 24.7. The number of hydrogen-bond acceptors (Lipinski definition) is 3. The lowest BCUT2D eigenvalue weighted by molar-refractivity contribution is -0.137. The summed E-state index contributed by atoms with van der Waals surface area (Å²) in [6, 6.07) is 22.2. The van der Waals surface area contributed by atoms with E-state index in [2.05, 4.69) is 42.5 Å². The maximum absolute atomic E-state index is 12.6. The molecule has 3 nitrogen and oxygen atoms in total. The highest BCUT2D eigenvalue weighted by atomic mass is 16.5. The summed E-state index contributed by atoms with van der Waals surface area (Å²) < 4.78 is 4.92. The van der Waals surface area contributed by atoms with E-state index in [1.807, 2.05) is 18.2 Å². The molecular formula is C24H16O3. The highest BCUT2D eigenvalue weighted by molar-refractivity contribution is 6.44. The van der Waals surface area contributed by atoms with Gasteiger partial charge in [0.25, 0.3) is 5.78 Å². The number of benzene rings is 5. The summed E-state index contributed by atoms with van der Waals surface area (Å²) in [5.74, 6) is -1.41. The minimum Gasteiger partial charge on any atom is -0.460 e. The smallest absolute Gasteiger partial charge is 0.379 e. The fourth-order valence-corrected chi connectivity index (χ4v) is 4.15. The SMILES string of the molecule is CCOC(=O)C(=O)c1ccc2c3cccc4cccc(c5cccc1c52)c43. The van der Waals surface area contributed by atoms with Crippen LogP contribution in [-0.2, 0) is 9.53 Å². The third-order valence-electron chi connectivity index (χ3n) is 5.23. The van der Waals surface area contributed by atoms with E-state index in [4.69, 9.17) is 4.74 Å². The van der Waals surface area contributed by atoms with Gasteiger partial charge in [0.05, 0.1) is 6.61 Å². The van der Waals surface area contributed by atoms with Crippen molar-refractivity contribution in [2.45, 2.75) is 6.92 Å². The summed E-state index contributed by atoms with van der Waals surface area (Å²) in [7, 11) is 0. The molecule has 3 heteroatoms. The Kier molecular flexibility index (Phi) is 3.37. The molecule has 0 radical (unpaired) electrons. The Labute approximate surface area is 155 Å². The van der Waals surface area contributed by atoms with Crippen molar-refractivity contribution in [2.75, 3.05) is 6.61 Å². The number of ether oxygens (including phenoxy) is 1. The third-order valence-corrected chi connectivity index (χ3v) is 5.23. The molecule has 130 valence electrons. The lowest BCUT2D eigenvalue weighted by Gasteiger charge is -2.15. The molecule has 5 aromatic rings. The second kappa shape index (κ2) is 5.78. The molecule has 0 fully saturated rings. The molecule has 0 aromatic heterocycles. The van der Waals surface area contributed by atoms with E-state index in [9.17, 15) is 9.59 Å². The average molecular weight is 352 g/mol. The van der Waals surface area contributed by atoms with Crippen LogP contribution in [0.2, 0.25) is 0 Å². The molecule has 0 aliphatic heterocycles. The van der Waals surface area contributed by atoms with Crippen LogP contribution in [-0.4, -0.2) is 18.4 Å². The molecule has 5 rings (SSSR count). The number of ketones is 1. The molecular weight excluding hydrogens is 336 g/mol. The summed E-state index contributed by atoms with van der Waals surface area (Å²) in [6.45, 7) is 1.88. The second-order valence-corrected chi connectivity index (χ2v) is 6.65. The Bertz CT molecular complexity index is 1310. The third kappa shape index (κ3) is 2.15. The van der Waals surface area contributed by atoms with Crippen LogP contribution < -0.4 is 0 Å². The molecule has 0 heterocycles. The Hall–Kier alpha value is -3.46. The standard InChI is InChI=1S/C24H16O3/c1-2-27-24(26)23(25)20-13-12-19-16-9-4-7-14-6-3-8-15(21(14)16)17-10-5-11-18(20)22(17)19/h3-13H,2H2,1H3. The first-order valence-electron chi connectivity index (χ1n) is 9.00. The fraction of sp³-hybridized carbons (Fsp3) is 0.0833. The van der Waals surface area contributed by atoms with Crippen LogP contribution in [0.25, 0.3) is 43.1 Å². The predicted molar refractivity (Wildman–Crippen MR) is 109 cm³/mol. The van der Waals surface area contributed by atoms with Crippen molar-refractivity contribution < 1.29 is 14.3 Å². The van der Waals surface area contributed by atoms with E-state index in [0.717, 1.165) is 32.3 Å². The van der Waals surface area contributed by atoms with Crippen molar-refractivity contribution in [3.05, 3.63) is 72.3 Å². The number of hydrogen-bond donors (Lipinski definition) is 0. The van der Waals surface area contributed by atoms with Crippen LogP contribution in [0.3, 0.4) is 0 Å². The Balaban J connectivity index is 1.96. The molecule has 0 spiro atoms. The van der Waals surface area contributed by atoms with Gasteiger partial charge in [0, 0.05) is 5.56 Å². The van der Waals surface area contributed by atoms with Gasteiger partial charge in [0.15, 0.2) is 0 Å². The maximum atomic E-state index is 12.6. The van der Waals surface area contributed by atoms with E-state index >= 15 is 0 Å². The van der Waals surface area contributed by atoms with Crippen LogP contribution in [0.5, 0.6) is 0 Å². The number of carbonyl (C=O) groups is 2. The molecule has 0 saturated heterocycles. The Morgan fingerprint density at radius 2 is 1.26 bits per heavy atom. The fourth-order valence-electron chi connectivity index (χ4n) is 4.15. The molecule has 0 amide bonds. The van der Waals surface area contributed by atoms with Gasteiger partial charge in [-0.2, -0.15) is 0 Å². The van der Waals surface area contributed by atoms with Crippen LogP contribution in [0.1, 0.15) is 17.3 Å². The van der Waals surface area contributed by atoms with Crippen molar-refractivity contribution in [2.24, 2.45) is 0 Å². The second-order valence-electron chi connectivity index (χ2n) is 6.65. The number of esters is 1. The van der Waals surface area contributed by atoms with Crippen LogP contribution in [0.15, 0.2) is 66.7 Å². The largest absolute Gasteiger partial charge is 0.460 e. The van der Waals surface area contributed by atoms with Gasteiger partial charge >= 0.3 is 5.97 Å². The zero-order chi connectivity index (χ0) is 18.5. The number of rotatable bonds is 3. The number of Topliss-reactive ketones (excluding diaryl/α,β-unsaturated/α-hetero) is 1. The summed E-state index contributed by atoms with van der Waals surface area (Å²) in [5, 5.41) is 8.71. The highest BCUT2D eigenvalue weighted by Crippen LogP contribution is 2.40. The lowest BCUT2D eigenvalue weighted by Crippen LogP contribution is -2.17. The molecule has 0 atom stereocenters. The summed E-state index contributed by atoms with van der Waals surface area (Å²) in [5.41, 5.74) is 0.389. The van der Waals surface area contributed by atoms with E-state index in [-0.39, 0.29) is 6.61 Å². The Morgan fingerprint density at radius 1 is 0.704 bits per heavy atom. The number of carbonyl (C=O) groups excluding carboxylic acids is 2. The van der Waals surface area contributed by atoms with Crippen molar-refractivity contribution in [3.63, 3.8) is 0 Å². The highest BCUT2D eigenvalue weighted by Gasteiger charge is 2.22. The first-order valence-corrected chi connectivity index (χ1v) is 9.00. The van der Waals surface area contributed by atoms with Crippen LogP contribution in [0, 0.1) is 0 Å². The first-order chi connectivity index (χ1) is 13.2. The van der Waals surface area contributed by atoms with E-state index in [1.54, 1.807) is 13.0 Å². The summed E-state index contributed by atoms with van der Waals surface area (Å²) in [6.07, 6.45) is 0.